The zero-order valence-corrected chi connectivity index (χ0v) is 11.3. The van der Waals surface area contributed by atoms with E-state index in [1.807, 2.05) is 7.05 Å². The molecule has 1 aliphatic carbocycles. The number of rotatable bonds is 6. The topological polar surface area (TPSA) is 53.6 Å². The van der Waals surface area contributed by atoms with Crippen LogP contribution in [0, 0.1) is 5.41 Å². The first kappa shape index (κ1) is 13.8. The Balaban J connectivity index is 1.67. The molecule has 2 aliphatic rings. The zero-order valence-electron chi connectivity index (χ0n) is 11.3. The number of hydrogen-bond donors (Lipinski definition) is 2. The number of nitrogens with one attached hydrogen (secondary N) is 2. The maximum absolute atomic E-state index is 12.2. The monoisotopic (exact) mass is 255 g/mol. The van der Waals surface area contributed by atoms with E-state index in [2.05, 4.69) is 15.5 Å². The highest BCUT2D eigenvalue weighted by molar-refractivity contribution is 5.83. The van der Waals surface area contributed by atoms with Crippen molar-refractivity contribution in [2.24, 2.45) is 5.41 Å². The number of ether oxygens (including phenoxy) is 1. The number of carbonyl (C=O) groups excluding carboxylic acids is 1. The average Bonchev–Trinajstić information content (AvgIpc) is 2.35. The highest BCUT2D eigenvalue weighted by Crippen LogP contribution is 2.40. The fourth-order valence-electron chi connectivity index (χ4n) is 2.77. The third-order valence-corrected chi connectivity index (χ3v) is 4.12. The molecule has 0 aromatic rings. The summed E-state index contributed by atoms with van der Waals surface area (Å²) in [6.07, 6.45) is 3.23. The molecule has 2 rings (SSSR count). The van der Waals surface area contributed by atoms with Crippen LogP contribution in [0.1, 0.15) is 19.3 Å². The van der Waals surface area contributed by atoms with E-state index in [4.69, 9.17) is 4.74 Å². The van der Waals surface area contributed by atoms with Crippen LogP contribution in [0.3, 0.4) is 0 Å². The Hall–Kier alpha value is -0.650. The van der Waals surface area contributed by atoms with Gasteiger partial charge in [-0.3, -0.25) is 9.69 Å². The second-order valence-corrected chi connectivity index (χ2v) is 5.37. The van der Waals surface area contributed by atoms with E-state index < -0.39 is 0 Å². The number of amides is 1. The standard InChI is InChI=1S/C13H25N3O2/c1-14-11-13(3-2-4-13)12(17)15-5-6-16-7-9-18-10-8-16/h14H,2-11H2,1H3,(H,15,17). The van der Waals surface area contributed by atoms with Crippen molar-refractivity contribution in [1.29, 1.82) is 0 Å². The molecule has 1 saturated carbocycles. The van der Waals surface area contributed by atoms with E-state index >= 15 is 0 Å². The van der Waals surface area contributed by atoms with Gasteiger partial charge in [0, 0.05) is 32.7 Å². The second kappa shape index (κ2) is 6.50. The van der Waals surface area contributed by atoms with Gasteiger partial charge < -0.3 is 15.4 Å². The van der Waals surface area contributed by atoms with Crippen LogP contribution in [-0.2, 0) is 9.53 Å². The predicted molar refractivity (Wildman–Crippen MR) is 70.5 cm³/mol. The SMILES string of the molecule is CNCC1(C(=O)NCCN2CCOCC2)CCC1. The minimum absolute atomic E-state index is 0.125. The lowest BCUT2D eigenvalue weighted by atomic mass is 9.68. The Labute approximate surface area is 109 Å². The molecule has 0 spiro atoms. The van der Waals surface area contributed by atoms with E-state index in [0.29, 0.717) is 0 Å². The molecule has 1 heterocycles. The Morgan fingerprint density at radius 2 is 2.06 bits per heavy atom. The van der Waals surface area contributed by atoms with E-state index in [0.717, 1.165) is 58.8 Å². The Morgan fingerprint density at radius 1 is 1.33 bits per heavy atom. The van der Waals surface area contributed by atoms with Crippen LogP contribution in [-0.4, -0.2) is 63.8 Å². The molecule has 0 aromatic heterocycles. The molecule has 1 amide bonds. The second-order valence-electron chi connectivity index (χ2n) is 5.37. The molecule has 0 bridgehead atoms. The summed E-state index contributed by atoms with van der Waals surface area (Å²) in [4.78, 5) is 14.5. The molecule has 2 fully saturated rings. The summed E-state index contributed by atoms with van der Waals surface area (Å²) in [5, 5.41) is 6.24. The molecule has 5 heteroatoms. The molecule has 2 N–H and O–H groups in total. The fraction of sp³-hybridized carbons (Fsp3) is 0.923. The van der Waals surface area contributed by atoms with Crippen molar-refractivity contribution in [1.82, 2.24) is 15.5 Å². The molecule has 0 aromatic carbocycles. The molecule has 1 saturated heterocycles. The minimum atomic E-state index is -0.125. The van der Waals surface area contributed by atoms with Gasteiger partial charge in [-0.25, -0.2) is 0 Å². The van der Waals surface area contributed by atoms with Gasteiger partial charge in [0.1, 0.15) is 0 Å². The summed E-state index contributed by atoms with van der Waals surface area (Å²) in [7, 11) is 1.92. The van der Waals surface area contributed by atoms with Crippen LogP contribution < -0.4 is 10.6 Å². The smallest absolute Gasteiger partial charge is 0.227 e. The van der Waals surface area contributed by atoms with Crippen molar-refractivity contribution in [3.8, 4) is 0 Å². The van der Waals surface area contributed by atoms with Gasteiger partial charge in [-0.1, -0.05) is 6.42 Å². The van der Waals surface area contributed by atoms with Crippen molar-refractivity contribution in [2.45, 2.75) is 19.3 Å². The molecule has 1 aliphatic heterocycles. The van der Waals surface area contributed by atoms with Crippen LogP contribution in [0.15, 0.2) is 0 Å². The maximum Gasteiger partial charge on any atom is 0.227 e. The number of morpholine rings is 1. The van der Waals surface area contributed by atoms with Gasteiger partial charge in [0.05, 0.1) is 18.6 Å². The summed E-state index contributed by atoms with van der Waals surface area (Å²) in [6, 6.07) is 0. The first-order chi connectivity index (χ1) is 8.77. The van der Waals surface area contributed by atoms with Gasteiger partial charge in [-0.15, -0.1) is 0 Å². The summed E-state index contributed by atoms with van der Waals surface area (Å²) in [5.41, 5.74) is -0.125. The molecule has 104 valence electrons. The van der Waals surface area contributed by atoms with Gasteiger partial charge in [-0.05, 0) is 19.9 Å². The third kappa shape index (κ3) is 3.22. The van der Waals surface area contributed by atoms with Crippen molar-refractivity contribution >= 4 is 5.91 Å². The van der Waals surface area contributed by atoms with E-state index in [1.54, 1.807) is 0 Å². The van der Waals surface area contributed by atoms with E-state index in [9.17, 15) is 4.79 Å². The number of hydrogen-bond acceptors (Lipinski definition) is 4. The van der Waals surface area contributed by atoms with Gasteiger partial charge in [0.15, 0.2) is 0 Å². The zero-order chi connectivity index (χ0) is 12.8. The lowest BCUT2D eigenvalue weighted by molar-refractivity contribution is -0.135. The van der Waals surface area contributed by atoms with Crippen LogP contribution >= 0.6 is 0 Å². The van der Waals surface area contributed by atoms with Gasteiger partial charge in [-0.2, -0.15) is 0 Å². The van der Waals surface area contributed by atoms with E-state index in [-0.39, 0.29) is 11.3 Å². The Kier molecular flexibility index (Phi) is 4.97. The van der Waals surface area contributed by atoms with E-state index in [1.165, 1.54) is 6.42 Å². The van der Waals surface area contributed by atoms with Crippen molar-refractivity contribution < 1.29 is 9.53 Å². The Morgan fingerprint density at radius 3 is 2.61 bits per heavy atom. The first-order valence-electron chi connectivity index (χ1n) is 7.00. The summed E-state index contributed by atoms with van der Waals surface area (Å²) in [6.45, 7) is 6.09. The Bertz CT molecular complexity index is 273. The first-order valence-corrected chi connectivity index (χ1v) is 7.00. The van der Waals surface area contributed by atoms with Gasteiger partial charge in [0.2, 0.25) is 5.91 Å². The summed E-state index contributed by atoms with van der Waals surface area (Å²) in [5.74, 6) is 0.233. The van der Waals surface area contributed by atoms with Crippen LogP contribution in [0.4, 0.5) is 0 Å². The lowest BCUT2D eigenvalue weighted by Crippen LogP contribution is -2.52. The van der Waals surface area contributed by atoms with Crippen molar-refractivity contribution in [3.05, 3.63) is 0 Å². The van der Waals surface area contributed by atoms with Gasteiger partial charge in [0.25, 0.3) is 0 Å². The molecule has 0 unspecified atom stereocenters. The number of nitrogens with zero attached hydrogens (tertiary/aromatic N) is 1. The molecule has 0 radical (unpaired) electrons. The fourth-order valence-corrected chi connectivity index (χ4v) is 2.77. The third-order valence-electron chi connectivity index (χ3n) is 4.12. The highest BCUT2D eigenvalue weighted by Gasteiger charge is 2.43. The molecule has 5 nitrogen and oxygen atoms in total. The molecular weight excluding hydrogens is 230 g/mol. The highest BCUT2D eigenvalue weighted by atomic mass is 16.5. The number of carbonyl (C=O) groups is 1. The largest absolute Gasteiger partial charge is 0.379 e. The van der Waals surface area contributed by atoms with Crippen molar-refractivity contribution in [3.63, 3.8) is 0 Å². The minimum Gasteiger partial charge on any atom is -0.379 e. The quantitative estimate of drug-likeness (QED) is 0.691. The summed E-state index contributed by atoms with van der Waals surface area (Å²) >= 11 is 0. The predicted octanol–water partition coefficient (Wildman–Crippen LogP) is -0.175. The summed E-state index contributed by atoms with van der Waals surface area (Å²) < 4.78 is 5.30. The van der Waals surface area contributed by atoms with Crippen LogP contribution in [0.5, 0.6) is 0 Å². The molecule has 18 heavy (non-hydrogen) atoms. The average molecular weight is 255 g/mol. The van der Waals surface area contributed by atoms with Gasteiger partial charge >= 0.3 is 0 Å². The van der Waals surface area contributed by atoms with Crippen molar-refractivity contribution in [2.75, 3.05) is 53.0 Å². The molecular formula is C13H25N3O2. The maximum atomic E-state index is 12.2. The van der Waals surface area contributed by atoms with Crippen LogP contribution in [0.25, 0.3) is 0 Å². The molecule has 0 atom stereocenters. The lowest BCUT2D eigenvalue weighted by Gasteiger charge is -2.40. The van der Waals surface area contributed by atoms with Crippen LogP contribution in [0.2, 0.25) is 0 Å². The normalized spacial score (nSPS) is 23.4.